The summed E-state index contributed by atoms with van der Waals surface area (Å²) in [6.45, 7) is 0. The van der Waals surface area contributed by atoms with Crippen LogP contribution >= 0.6 is 0 Å². The van der Waals surface area contributed by atoms with Crippen molar-refractivity contribution in [3.8, 4) is 66.8 Å². The summed E-state index contributed by atoms with van der Waals surface area (Å²) in [5.74, 6) is 0. The Morgan fingerprint density at radius 1 is 0.243 bits per heavy atom. The number of hydrogen-bond acceptors (Lipinski definition) is 2. The summed E-state index contributed by atoms with van der Waals surface area (Å²) in [6, 6.07) is 98.7. The van der Waals surface area contributed by atoms with Crippen LogP contribution < -0.4 is 4.90 Å². The van der Waals surface area contributed by atoms with E-state index in [0.717, 1.165) is 72.2 Å². The Morgan fingerprint density at radius 2 is 0.629 bits per heavy atom. The maximum atomic E-state index is 6.76. The number of nitrogens with zero attached hydrogens (tertiary/aromatic N) is 1. The molecule has 0 atom stereocenters. The van der Waals surface area contributed by atoms with E-state index >= 15 is 0 Å². The van der Waals surface area contributed by atoms with Gasteiger partial charge in [-0.25, -0.2) is 0 Å². The molecule has 0 radical (unpaired) electrons. The van der Waals surface area contributed by atoms with Gasteiger partial charge in [-0.15, -0.1) is 0 Å². The molecule has 13 rings (SSSR count). The van der Waals surface area contributed by atoms with Gasteiger partial charge in [-0.2, -0.15) is 0 Å². The van der Waals surface area contributed by atoms with Gasteiger partial charge in [-0.3, -0.25) is 0 Å². The molecule has 1 aromatic heterocycles. The van der Waals surface area contributed by atoms with E-state index < -0.39 is 0 Å². The molecule has 0 N–H and O–H groups in total. The number of fused-ring (bicyclic) bond motifs is 6. The molecule has 70 heavy (non-hydrogen) atoms. The lowest BCUT2D eigenvalue weighted by Crippen LogP contribution is -2.13. The number of benzene rings is 12. The summed E-state index contributed by atoms with van der Waals surface area (Å²) in [4.78, 5) is 2.50. The van der Waals surface area contributed by atoms with Crippen molar-refractivity contribution in [2.24, 2.45) is 0 Å². The first-order chi connectivity index (χ1) is 34.7. The van der Waals surface area contributed by atoms with Crippen LogP contribution in [0.1, 0.15) is 0 Å². The summed E-state index contributed by atoms with van der Waals surface area (Å²) in [5, 5.41) is 6.99. The smallest absolute Gasteiger partial charge is 0.143 e. The predicted octanol–water partition coefficient (Wildman–Crippen LogP) is 19.4. The molecule has 13 aromatic rings. The molecule has 0 saturated heterocycles. The van der Waals surface area contributed by atoms with Gasteiger partial charge in [0.05, 0.1) is 11.4 Å². The molecular weight excluding hydrogens is 847 g/mol. The van der Waals surface area contributed by atoms with Crippen molar-refractivity contribution in [2.45, 2.75) is 0 Å². The third kappa shape index (κ3) is 7.22. The van der Waals surface area contributed by atoms with Crippen molar-refractivity contribution in [2.75, 3.05) is 4.90 Å². The molecule has 0 aliphatic heterocycles. The van der Waals surface area contributed by atoms with Crippen LogP contribution in [0.3, 0.4) is 0 Å². The highest BCUT2D eigenvalue weighted by Gasteiger charge is 2.26. The lowest BCUT2D eigenvalue weighted by Gasteiger charge is -2.32. The zero-order valence-corrected chi connectivity index (χ0v) is 38.3. The van der Waals surface area contributed by atoms with Crippen LogP contribution in [0, 0.1) is 0 Å². The first kappa shape index (κ1) is 41.0. The second-order valence-electron chi connectivity index (χ2n) is 18.0. The molecule has 0 fully saturated rings. The molecule has 0 aliphatic rings. The highest BCUT2D eigenvalue weighted by atomic mass is 16.3. The minimum Gasteiger partial charge on any atom is -0.455 e. The van der Waals surface area contributed by atoms with E-state index in [1.807, 2.05) is 6.07 Å². The number of hydrogen-bond donors (Lipinski definition) is 0. The second kappa shape index (κ2) is 17.4. The molecule has 0 saturated carbocycles. The molecular formula is C68H45NO. The van der Waals surface area contributed by atoms with Gasteiger partial charge in [0, 0.05) is 38.5 Å². The number of furan rings is 1. The van der Waals surface area contributed by atoms with Crippen molar-refractivity contribution < 1.29 is 4.42 Å². The standard InChI is InChI=1S/C68H45NO/c1-3-16-46(17-4-1)48-30-32-50(33-31-48)51-34-36-52(37-35-51)53-42-44-55(45-43-53)69(64-28-13-11-22-58(64)62-26-15-27-63-59-23-12-14-29-65(59)70-68(62)63)67-61-25-10-8-21-57(61)56-20-7-9-24-60(56)66(67)54-40-38-49(39-41-54)47-18-5-2-6-19-47/h1-45H. The maximum absolute atomic E-state index is 6.76. The normalized spacial score (nSPS) is 11.4. The van der Waals surface area contributed by atoms with Crippen LogP contribution in [0.25, 0.3) is 110 Å². The molecule has 0 bridgehead atoms. The quantitative estimate of drug-likeness (QED) is 0.134. The topological polar surface area (TPSA) is 16.4 Å². The van der Waals surface area contributed by atoms with E-state index in [-0.39, 0.29) is 0 Å². The van der Waals surface area contributed by atoms with Crippen molar-refractivity contribution in [3.05, 3.63) is 273 Å². The van der Waals surface area contributed by atoms with E-state index in [1.165, 1.54) is 55.1 Å². The van der Waals surface area contributed by atoms with Gasteiger partial charge in [0.1, 0.15) is 11.2 Å². The Bertz CT molecular complexity index is 4000. The molecule has 1 heterocycles. The van der Waals surface area contributed by atoms with Crippen LogP contribution in [0.5, 0.6) is 0 Å². The summed E-state index contributed by atoms with van der Waals surface area (Å²) in [6.07, 6.45) is 0. The summed E-state index contributed by atoms with van der Waals surface area (Å²) >= 11 is 0. The van der Waals surface area contributed by atoms with Gasteiger partial charge in [0.2, 0.25) is 0 Å². The van der Waals surface area contributed by atoms with Crippen molar-refractivity contribution in [1.82, 2.24) is 0 Å². The molecule has 2 nitrogen and oxygen atoms in total. The number of para-hydroxylation sites is 3. The van der Waals surface area contributed by atoms with Gasteiger partial charge >= 0.3 is 0 Å². The molecule has 0 unspecified atom stereocenters. The third-order valence-corrected chi connectivity index (χ3v) is 13.9. The summed E-state index contributed by atoms with van der Waals surface area (Å²) in [5.41, 5.74) is 18.9. The lowest BCUT2D eigenvalue weighted by molar-refractivity contribution is 0.670. The van der Waals surface area contributed by atoms with Crippen molar-refractivity contribution >= 4 is 60.5 Å². The van der Waals surface area contributed by atoms with Crippen LogP contribution in [0.15, 0.2) is 277 Å². The van der Waals surface area contributed by atoms with E-state index in [9.17, 15) is 0 Å². The summed E-state index contributed by atoms with van der Waals surface area (Å²) in [7, 11) is 0. The van der Waals surface area contributed by atoms with Gasteiger partial charge in [0.15, 0.2) is 0 Å². The van der Waals surface area contributed by atoms with Crippen LogP contribution in [-0.4, -0.2) is 0 Å². The van der Waals surface area contributed by atoms with Gasteiger partial charge in [0.25, 0.3) is 0 Å². The minimum absolute atomic E-state index is 0.877. The van der Waals surface area contributed by atoms with Crippen molar-refractivity contribution in [1.29, 1.82) is 0 Å². The van der Waals surface area contributed by atoms with Gasteiger partial charge < -0.3 is 9.32 Å². The summed E-state index contributed by atoms with van der Waals surface area (Å²) < 4.78 is 6.76. The first-order valence-corrected chi connectivity index (χ1v) is 24.0. The fraction of sp³-hybridized carbons (Fsp3) is 0. The van der Waals surface area contributed by atoms with E-state index in [0.29, 0.717) is 0 Å². The fourth-order valence-electron chi connectivity index (χ4n) is 10.5. The highest BCUT2D eigenvalue weighted by Crippen LogP contribution is 2.52. The van der Waals surface area contributed by atoms with Crippen LogP contribution in [0.4, 0.5) is 17.1 Å². The Kier molecular flexibility index (Phi) is 10.2. The van der Waals surface area contributed by atoms with Crippen molar-refractivity contribution in [3.63, 3.8) is 0 Å². The molecule has 0 spiro atoms. The Morgan fingerprint density at radius 3 is 1.20 bits per heavy atom. The minimum atomic E-state index is 0.877. The molecule has 0 amide bonds. The predicted molar refractivity (Wildman–Crippen MR) is 296 cm³/mol. The molecule has 328 valence electrons. The Hall–Kier alpha value is -9.24. The van der Waals surface area contributed by atoms with Gasteiger partial charge in [-0.1, -0.05) is 249 Å². The second-order valence-corrected chi connectivity index (χ2v) is 18.0. The van der Waals surface area contributed by atoms with E-state index in [2.05, 4.69) is 272 Å². The van der Waals surface area contributed by atoms with E-state index in [1.54, 1.807) is 0 Å². The monoisotopic (exact) mass is 891 g/mol. The first-order valence-electron chi connectivity index (χ1n) is 24.0. The van der Waals surface area contributed by atoms with Gasteiger partial charge in [-0.05, 0) is 90.5 Å². The Labute approximate surface area is 407 Å². The van der Waals surface area contributed by atoms with Crippen LogP contribution in [0.2, 0.25) is 0 Å². The number of anilines is 3. The fourth-order valence-corrected chi connectivity index (χ4v) is 10.5. The average molecular weight is 892 g/mol. The lowest BCUT2D eigenvalue weighted by atomic mass is 9.89. The molecule has 2 heteroatoms. The third-order valence-electron chi connectivity index (χ3n) is 13.9. The Balaban J connectivity index is 0.999. The zero-order valence-electron chi connectivity index (χ0n) is 38.3. The number of rotatable bonds is 9. The maximum Gasteiger partial charge on any atom is 0.143 e. The highest BCUT2D eigenvalue weighted by molar-refractivity contribution is 6.23. The molecule has 12 aromatic carbocycles. The van der Waals surface area contributed by atoms with E-state index in [4.69, 9.17) is 4.42 Å². The van der Waals surface area contributed by atoms with Crippen LogP contribution in [-0.2, 0) is 0 Å². The SMILES string of the molecule is c1ccc(-c2ccc(-c3ccc(-c4ccc(N(c5ccccc5-c5cccc6c5oc5ccccc56)c5c(-c6ccc(-c7ccccc7)cc6)c6ccccc6c6ccccc56)cc4)cc3)cc2)cc1. The molecule has 0 aliphatic carbocycles. The average Bonchev–Trinajstić information content (AvgIpc) is 3.83. The zero-order chi connectivity index (χ0) is 46.4. The largest absolute Gasteiger partial charge is 0.455 e.